The van der Waals surface area contributed by atoms with E-state index < -0.39 is 5.91 Å². The molecule has 7 heteroatoms. The number of aryl methyl sites for hydroxylation is 3. The van der Waals surface area contributed by atoms with Gasteiger partial charge in [0.2, 0.25) is 5.76 Å². The summed E-state index contributed by atoms with van der Waals surface area (Å²) in [6.07, 6.45) is 0. The number of nitrogens with two attached hydrogens (primary N) is 1. The van der Waals surface area contributed by atoms with E-state index in [0.717, 1.165) is 5.56 Å². The number of oxime groups is 1. The highest BCUT2D eigenvalue weighted by Crippen LogP contribution is 2.19. The molecule has 0 fully saturated rings. The predicted octanol–water partition coefficient (Wildman–Crippen LogP) is 1.95. The molecule has 0 radical (unpaired) electrons. The minimum absolute atomic E-state index is 0.0304. The van der Waals surface area contributed by atoms with Crippen molar-refractivity contribution >= 4 is 17.4 Å². The largest absolute Gasteiger partial charge is 0.436 e. The summed E-state index contributed by atoms with van der Waals surface area (Å²) in [5.41, 5.74) is 7.96. The highest BCUT2D eigenvalue weighted by atomic mass is 16.4. The second-order valence-electron chi connectivity index (χ2n) is 4.62. The molecule has 0 bridgehead atoms. The summed E-state index contributed by atoms with van der Waals surface area (Å²) in [7, 11) is 0. The van der Waals surface area contributed by atoms with Crippen molar-refractivity contribution in [1.29, 1.82) is 0 Å². The summed E-state index contributed by atoms with van der Waals surface area (Å²) in [4.78, 5) is 16.3. The maximum atomic E-state index is 12.2. The number of amidine groups is 1. The molecule has 2 rings (SSSR count). The summed E-state index contributed by atoms with van der Waals surface area (Å²) in [6, 6.07) is 5.09. The van der Waals surface area contributed by atoms with Gasteiger partial charge in [-0.15, -0.1) is 0 Å². The number of amides is 1. The van der Waals surface area contributed by atoms with Gasteiger partial charge in [0.05, 0.1) is 5.69 Å². The number of nitrogens with one attached hydrogen (secondary N) is 1. The molecule has 0 atom stereocenters. The van der Waals surface area contributed by atoms with Crippen LogP contribution in [-0.2, 0) is 0 Å². The quantitative estimate of drug-likeness (QED) is 0.345. The lowest BCUT2D eigenvalue weighted by Crippen LogP contribution is -2.16. The van der Waals surface area contributed by atoms with Gasteiger partial charge >= 0.3 is 0 Å². The van der Waals surface area contributed by atoms with E-state index in [1.807, 2.05) is 6.92 Å². The fourth-order valence-electron chi connectivity index (χ4n) is 1.89. The molecule has 21 heavy (non-hydrogen) atoms. The first kappa shape index (κ1) is 14.6. The Balaban J connectivity index is 2.31. The lowest BCUT2D eigenvalue weighted by molar-refractivity contribution is 0.0994. The maximum absolute atomic E-state index is 12.2. The summed E-state index contributed by atoms with van der Waals surface area (Å²) in [5, 5.41) is 14.4. The number of rotatable bonds is 3. The van der Waals surface area contributed by atoms with Crippen LogP contribution in [0.25, 0.3) is 0 Å². The van der Waals surface area contributed by atoms with Crippen molar-refractivity contribution in [2.75, 3.05) is 5.32 Å². The van der Waals surface area contributed by atoms with Crippen molar-refractivity contribution in [3.05, 3.63) is 46.7 Å². The minimum atomic E-state index is -0.396. The van der Waals surface area contributed by atoms with Gasteiger partial charge in [0.1, 0.15) is 0 Å². The van der Waals surface area contributed by atoms with Crippen LogP contribution in [0.5, 0.6) is 0 Å². The lowest BCUT2D eigenvalue weighted by Gasteiger charge is -2.09. The van der Waals surface area contributed by atoms with Crippen molar-refractivity contribution in [1.82, 2.24) is 4.98 Å². The Kier molecular flexibility index (Phi) is 3.93. The van der Waals surface area contributed by atoms with Gasteiger partial charge in [-0.25, -0.2) is 4.98 Å². The van der Waals surface area contributed by atoms with Gasteiger partial charge in [0, 0.05) is 18.2 Å². The van der Waals surface area contributed by atoms with Crippen LogP contribution < -0.4 is 11.1 Å². The summed E-state index contributed by atoms with van der Waals surface area (Å²) in [5.74, 6) is 0.172. The second kappa shape index (κ2) is 5.66. The molecule has 110 valence electrons. The summed E-state index contributed by atoms with van der Waals surface area (Å²) >= 11 is 0. The standard InChI is InChI=1S/C14H16N4O3/c1-7-4-5-10(13(15)18-20)6-11(7)17-14(19)12-8(2)16-9(3)21-12/h4-6,20H,1-3H3,(H2,15,18)(H,17,19). The van der Waals surface area contributed by atoms with Crippen molar-refractivity contribution in [3.63, 3.8) is 0 Å². The molecule has 1 aromatic carbocycles. The Bertz CT molecular complexity index is 719. The van der Waals surface area contributed by atoms with Gasteiger partial charge in [0.25, 0.3) is 5.91 Å². The molecule has 0 aliphatic carbocycles. The molecule has 0 aliphatic rings. The Morgan fingerprint density at radius 3 is 2.67 bits per heavy atom. The van der Waals surface area contributed by atoms with E-state index in [-0.39, 0.29) is 11.6 Å². The number of aromatic nitrogens is 1. The monoisotopic (exact) mass is 288 g/mol. The van der Waals surface area contributed by atoms with E-state index in [2.05, 4.69) is 15.5 Å². The number of benzene rings is 1. The number of carbonyl (C=O) groups is 1. The van der Waals surface area contributed by atoms with Gasteiger partial charge in [-0.1, -0.05) is 17.3 Å². The van der Waals surface area contributed by atoms with Crippen LogP contribution in [0.15, 0.2) is 27.8 Å². The van der Waals surface area contributed by atoms with Crippen LogP contribution in [0.2, 0.25) is 0 Å². The fraction of sp³-hybridized carbons (Fsp3) is 0.214. The molecule has 1 aromatic heterocycles. The Morgan fingerprint density at radius 2 is 2.10 bits per heavy atom. The van der Waals surface area contributed by atoms with Crippen LogP contribution >= 0.6 is 0 Å². The average Bonchev–Trinajstić information content (AvgIpc) is 2.79. The summed E-state index contributed by atoms with van der Waals surface area (Å²) < 4.78 is 5.28. The number of oxazole rings is 1. The molecule has 0 aliphatic heterocycles. The Labute approximate surface area is 121 Å². The van der Waals surface area contributed by atoms with Crippen molar-refractivity contribution in [3.8, 4) is 0 Å². The molecule has 7 nitrogen and oxygen atoms in total. The molecule has 2 aromatic rings. The molecular weight excluding hydrogens is 272 g/mol. The minimum Gasteiger partial charge on any atom is -0.436 e. The van der Waals surface area contributed by atoms with E-state index in [9.17, 15) is 4.79 Å². The zero-order valence-electron chi connectivity index (χ0n) is 12.0. The molecule has 0 unspecified atom stereocenters. The first-order chi connectivity index (χ1) is 9.92. The third-order valence-electron chi connectivity index (χ3n) is 3.00. The van der Waals surface area contributed by atoms with Gasteiger partial charge in [-0.3, -0.25) is 4.79 Å². The van der Waals surface area contributed by atoms with Crippen molar-refractivity contribution in [2.24, 2.45) is 10.9 Å². The van der Waals surface area contributed by atoms with Crippen molar-refractivity contribution < 1.29 is 14.4 Å². The zero-order valence-corrected chi connectivity index (χ0v) is 12.0. The van der Waals surface area contributed by atoms with Crippen LogP contribution in [0.1, 0.15) is 33.3 Å². The van der Waals surface area contributed by atoms with Gasteiger partial charge in [0.15, 0.2) is 11.7 Å². The maximum Gasteiger partial charge on any atom is 0.293 e. The average molecular weight is 288 g/mol. The van der Waals surface area contributed by atoms with E-state index in [1.165, 1.54) is 0 Å². The van der Waals surface area contributed by atoms with Crippen LogP contribution in [0, 0.1) is 20.8 Å². The molecule has 0 spiro atoms. The number of nitrogens with zero attached hydrogens (tertiary/aromatic N) is 2. The van der Waals surface area contributed by atoms with E-state index >= 15 is 0 Å². The normalized spacial score (nSPS) is 11.5. The zero-order chi connectivity index (χ0) is 15.6. The smallest absolute Gasteiger partial charge is 0.293 e. The molecule has 0 saturated heterocycles. The second-order valence-corrected chi connectivity index (χ2v) is 4.62. The number of hydrogen-bond donors (Lipinski definition) is 3. The Morgan fingerprint density at radius 1 is 1.38 bits per heavy atom. The van der Waals surface area contributed by atoms with E-state index in [4.69, 9.17) is 15.4 Å². The van der Waals surface area contributed by atoms with E-state index in [0.29, 0.717) is 22.8 Å². The molecular formula is C14H16N4O3. The molecule has 4 N–H and O–H groups in total. The first-order valence-electron chi connectivity index (χ1n) is 6.26. The summed E-state index contributed by atoms with van der Waals surface area (Å²) in [6.45, 7) is 5.21. The third-order valence-corrected chi connectivity index (χ3v) is 3.00. The van der Waals surface area contributed by atoms with Gasteiger partial charge in [-0.05, 0) is 25.5 Å². The molecule has 0 saturated carbocycles. The number of hydrogen-bond acceptors (Lipinski definition) is 5. The Hall–Kier alpha value is -2.83. The van der Waals surface area contributed by atoms with Crippen LogP contribution in [-0.4, -0.2) is 21.9 Å². The first-order valence-corrected chi connectivity index (χ1v) is 6.26. The SMILES string of the molecule is Cc1nc(C)c(C(=O)Nc2cc(/C(N)=N/O)ccc2C)o1. The van der Waals surface area contributed by atoms with Crippen LogP contribution in [0.4, 0.5) is 5.69 Å². The predicted molar refractivity (Wildman–Crippen MR) is 77.6 cm³/mol. The van der Waals surface area contributed by atoms with E-state index in [1.54, 1.807) is 32.0 Å². The molecule has 1 heterocycles. The number of anilines is 1. The van der Waals surface area contributed by atoms with Crippen LogP contribution in [0.3, 0.4) is 0 Å². The van der Waals surface area contributed by atoms with Gasteiger partial charge < -0.3 is 20.7 Å². The highest BCUT2D eigenvalue weighted by molar-refractivity contribution is 6.04. The highest BCUT2D eigenvalue weighted by Gasteiger charge is 2.17. The lowest BCUT2D eigenvalue weighted by atomic mass is 10.1. The van der Waals surface area contributed by atoms with Crippen molar-refractivity contribution in [2.45, 2.75) is 20.8 Å². The third kappa shape index (κ3) is 3.02. The topological polar surface area (TPSA) is 114 Å². The fourth-order valence-corrected chi connectivity index (χ4v) is 1.89. The van der Waals surface area contributed by atoms with Gasteiger partial charge in [-0.2, -0.15) is 0 Å². The number of carbonyl (C=O) groups excluding carboxylic acids is 1. The molecule has 1 amide bonds.